The van der Waals surface area contributed by atoms with Crippen LogP contribution in [0.25, 0.3) is 17.1 Å². The molecule has 0 radical (unpaired) electrons. The van der Waals surface area contributed by atoms with Gasteiger partial charge in [-0.3, -0.25) is 4.79 Å². The zero-order chi connectivity index (χ0) is 21.1. The molecule has 2 heterocycles. The molecule has 0 spiro atoms. The summed E-state index contributed by atoms with van der Waals surface area (Å²) in [5.74, 6) is -0.643. The number of hydrogen-bond donors (Lipinski definition) is 2. The number of rotatable bonds is 5. The first-order chi connectivity index (χ1) is 14.6. The summed E-state index contributed by atoms with van der Waals surface area (Å²) in [6.45, 7) is 0. The highest BCUT2D eigenvalue weighted by Crippen LogP contribution is 2.25. The number of aromatic nitrogens is 5. The van der Waals surface area contributed by atoms with Gasteiger partial charge in [0, 0.05) is 11.1 Å². The second-order valence-corrected chi connectivity index (χ2v) is 6.66. The van der Waals surface area contributed by atoms with Crippen LogP contribution < -0.4 is 11.2 Å². The maximum absolute atomic E-state index is 13.0. The van der Waals surface area contributed by atoms with E-state index in [1.165, 1.54) is 6.21 Å². The first-order valence-corrected chi connectivity index (χ1v) is 9.19. The van der Waals surface area contributed by atoms with Crippen LogP contribution in [0.1, 0.15) is 16.1 Å². The van der Waals surface area contributed by atoms with E-state index in [-0.39, 0.29) is 17.3 Å². The second-order valence-electron chi connectivity index (χ2n) is 5.88. The molecule has 1 amide bonds. The van der Waals surface area contributed by atoms with E-state index in [0.717, 1.165) is 4.68 Å². The van der Waals surface area contributed by atoms with Crippen LogP contribution >= 0.6 is 23.2 Å². The van der Waals surface area contributed by atoms with E-state index >= 15 is 0 Å². The molecular formula is C18H12Cl2N8O2. The Morgan fingerprint density at radius 2 is 1.93 bits per heavy atom. The number of amides is 1. The SMILES string of the molecule is Nc1nonc1-n1nnc(-c2ccccc2)c1C(=O)N/N=C/c1cccc(Cl)c1Cl. The molecule has 0 atom stereocenters. The second kappa shape index (κ2) is 8.31. The maximum atomic E-state index is 13.0. The van der Waals surface area contributed by atoms with E-state index < -0.39 is 5.91 Å². The lowest BCUT2D eigenvalue weighted by molar-refractivity contribution is 0.0948. The summed E-state index contributed by atoms with van der Waals surface area (Å²) < 4.78 is 5.74. The third kappa shape index (κ3) is 3.73. The fraction of sp³-hybridized carbons (Fsp3) is 0. The quantitative estimate of drug-likeness (QED) is 0.357. The van der Waals surface area contributed by atoms with Gasteiger partial charge in [0.25, 0.3) is 5.91 Å². The van der Waals surface area contributed by atoms with Gasteiger partial charge in [-0.1, -0.05) is 70.9 Å². The standard InChI is InChI=1S/C18H12Cl2N8O2/c19-12-8-4-7-11(13(12)20)9-22-24-18(29)15-14(10-5-2-1-3-6-10)23-27-28(15)17-16(21)25-30-26-17/h1-9H,(H2,21,25)(H,24,29)/b22-9+. The normalized spacial score (nSPS) is 11.1. The van der Waals surface area contributed by atoms with E-state index in [2.05, 4.69) is 35.8 Å². The Balaban J connectivity index is 1.70. The summed E-state index contributed by atoms with van der Waals surface area (Å²) >= 11 is 12.1. The smallest absolute Gasteiger partial charge is 0.292 e. The van der Waals surface area contributed by atoms with E-state index in [1.54, 1.807) is 42.5 Å². The molecule has 0 fully saturated rings. The molecule has 12 heteroatoms. The minimum Gasteiger partial charge on any atom is -0.378 e. The molecule has 150 valence electrons. The van der Waals surface area contributed by atoms with Crippen LogP contribution in [0.5, 0.6) is 0 Å². The summed E-state index contributed by atoms with van der Waals surface area (Å²) in [6, 6.07) is 14.1. The zero-order valence-corrected chi connectivity index (χ0v) is 16.5. The zero-order valence-electron chi connectivity index (χ0n) is 15.0. The molecule has 10 nitrogen and oxygen atoms in total. The first-order valence-electron chi connectivity index (χ1n) is 8.43. The third-order valence-corrected chi connectivity index (χ3v) is 4.81. The molecule has 0 unspecified atom stereocenters. The van der Waals surface area contributed by atoms with E-state index in [4.69, 9.17) is 28.9 Å². The average molecular weight is 443 g/mol. The van der Waals surface area contributed by atoms with Crippen LogP contribution in [0, 0.1) is 0 Å². The predicted octanol–water partition coefficient (Wildman–Crippen LogP) is 2.97. The minimum absolute atomic E-state index is 0.0247. The molecule has 0 aliphatic rings. The lowest BCUT2D eigenvalue weighted by Crippen LogP contribution is -2.22. The largest absolute Gasteiger partial charge is 0.378 e. The number of carbonyl (C=O) groups excluding carboxylic acids is 1. The monoisotopic (exact) mass is 442 g/mol. The van der Waals surface area contributed by atoms with Crippen molar-refractivity contribution in [3.05, 3.63) is 69.8 Å². The Morgan fingerprint density at radius 1 is 1.13 bits per heavy atom. The Morgan fingerprint density at radius 3 is 2.67 bits per heavy atom. The van der Waals surface area contributed by atoms with Crippen molar-refractivity contribution in [2.24, 2.45) is 5.10 Å². The number of nitrogen functional groups attached to an aromatic ring is 1. The summed E-state index contributed by atoms with van der Waals surface area (Å²) in [5.41, 5.74) is 9.70. The van der Waals surface area contributed by atoms with Crippen molar-refractivity contribution in [2.45, 2.75) is 0 Å². The molecule has 0 saturated carbocycles. The van der Waals surface area contributed by atoms with Crippen LogP contribution in [-0.2, 0) is 0 Å². The van der Waals surface area contributed by atoms with E-state index in [9.17, 15) is 4.79 Å². The Kier molecular flexibility index (Phi) is 5.42. The lowest BCUT2D eigenvalue weighted by Gasteiger charge is -2.05. The maximum Gasteiger partial charge on any atom is 0.292 e. The summed E-state index contributed by atoms with van der Waals surface area (Å²) in [7, 11) is 0. The van der Waals surface area contributed by atoms with Crippen LogP contribution in [0.4, 0.5) is 5.82 Å². The molecule has 2 aromatic heterocycles. The van der Waals surface area contributed by atoms with Crippen molar-refractivity contribution >= 4 is 41.1 Å². The van der Waals surface area contributed by atoms with Crippen LogP contribution in [-0.4, -0.2) is 37.4 Å². The molecule has 4 rings (SSSR count). The number of anilines is 1. The van der Waals surface area contributed by atoms with Crippen molar-refractivity contribution in [3.8, 4) is 17.1 Å². The highest BCUT2D eigenvalue weighted by molar-refractivity contribution is 6.43. The Bertz CT molecular complexity index is 1240. The third-order valence-electron chi connectivity index (χ3n) is 3.98. The Labute approximate surface area is 179 Å². The molecule has 2 aromatic carbocycles. The number of nitrogens with one attached hydrogen (secondary N) is 1. The fourth-order valence-corrected chi connectivity index (χ4v) is 2.95. The number of carbonyl (C=O) groups is 1. The molecule has 0 aliphatic heterocycles. The summed E-state index contributed by atoms with van der Waals surface area (Å²) in [4.78, 5) is 13.0. The fourth-order valence-electron chi connectivity index (χ4n) is 2.60. The number of benzene rings is 2. The van der Waals surface area contributed by atoms with Crippen molar-refractivity contribution in [1.82, 2.24) is 30.7 Å². The average Bonchev–Trinajstić information content (AvgIpc) is 3.37. The molecular weight excluding hydrogens is 431 g/mol. The highest BCUT2D eigenvalue weighted by Gasteiger charge is 2.25. The van der Waals surface area contributed by atoms with Gasteiger partial charge < -0.3 is 5.73 Å². The van der Waals surface area contributed by atoms with Crippen molar-refractivity contribution in [1.29, 1.82) is 0 Å². The van der Waals surface area contributed by atoms with Gasteiger partial charge >= 0.3 is 0 Å². The van der Waals surface area contributed by atoms with Gasteiger partial charge in [-0.15, -0.1) is 5.10 Å². The number of halogens is 2. The van der Waals surface area contributed by atoms with Gasteiger partial charge in [0.1, 0.15) is 5.69 Å². The molecule has 0 bridgehead atoms. The van der Waals surface area contributed by atoms with Crippen molar-refractivity contribution in [3.63, 3.8) is 0 Å². The Hall–Kier alpha value is -3.76. The van der Waals surface area contributed by atoms with Crippen LogP contribution in [0.2, 0.25) is 10.0 Å². The summed E-state index contributed by atoms with van der Waals surface area (Å²) in [5, 5.41) is 19.9. The van der Waals surface area contributed by atoms with Gasteiger partial charge in [0.15, 0.2) is 5.69 Å². The van der Waals surface area contributed by atoms with E-state index in [1.807, 2.05) is 6.07 Å². The number of hydrazone groups is 1. The van der Waals surface area contributed by atoms with Crippen LogP contribution in [0.15, 0.2) is 58.3 Å². The van der Waals surface area contributed by atoms with E-state index in [0.29, 0.717) is 26.9 Å². The molecule has 0 aliphatic carbocycles. The predicted molar refractivity (Wildman–Crippen MR) is 111 cm³/mol. The van der Waals surface area contributed by atoms with Gasteiger partial charge in [-0.25, -0.2) is 10.1 Å². The van der Waals surface area contributed by atoms with Gasteiger partial charge in [0.2, 0.25) is 11.6 Å². The number of nitrogens with two attached hydrogens (primary N) is 1. The highest BCUT2D eigenvalue weighted by atomic mass is 35.5. The van der Waals surface area contributed by atoms with Crippen molar-refractivity contribution in [2.75, 3.05) is 5.73 Å². The molecule has 3 N–H and O–H groups in total. The van der Waals surface area contributed by atoms with Gasteiger partial charge in [-0.2, -0.15) is 9.78 Å². The molecule has 0 saturated heterocycles. The number of hydrogen-bond acceptors (Lipinski definition) is 8. The lowest BCUT2D eigenvalue weighted by atomic mass is 10.1. The number of nitrogens with zero attached hydrogens (tertiary/aromatic N) is 6. The topological polar surface area (TPSA) is 137 Å². The summed E-state index contributed by atoms with van der Waals surface area (Å²) in [6.07, 6.45) is 1.37. The van der Waals surface area contributed by atoms with Gasteiger partial charge in [-0.05, 0) is 16.4 Å². The van der Waals surface area contributed by atoms with Gasteiger partial charge in [0.05, 0.1) is 16.3 Å². The van der Waals surface area contributed by atoms with Crippen LogP contribution in [0.3, 0.4) is 0 Å². The molecule has 30 heavy (non-hydrogen) atoms. The van der Waals surface area contributed by atoms with Crippen molar-refractivity contribution < 1.29 is 9.42 Å². The molecule has 4 aromatic rings. The minimum atomic E-state index is -0.615. The first kappa shape index (κ1) is 19.6.